The molecule has 0 bridgehead atoms. The van der Waals surface area contributed by atoms with Crippen LogP contribution in [-0.2, 0) is 11.2 Å². The molecule has 1 aromatic heterocycles. The van der Waals surface area contributed by atoms with E-state index in [9.17, 15) is 9.90 Å². The lowest BCUT2D eigenvalue weighted by atomic mass is 9.85. The van der Waals surface area contributed by atoms with Gasteiger partial charge in [-0.05, 0) is 92.9 Å². The first kappa shape index (κ1) is 22.9. The summed E-state index contributed by atoms with van der Waals surface area (Å²) in [7, 11) is 0. The van der Waals surface area contributed by atoms with Gasteiger partial charge >= 0.3 is 0 Å². The summed E-state index contributed by atoms with van der Waals surface area (Å²) in [5, 5.41) is 15.3. The van der Waals surface area contributed by atoms with Crippen molar-refractivity contribution >= 4 is 34.5 Å². The highest BCUT2D eigenvalue weighted by Gasteiger charge is 2.36. The highest BCUT2D eigenvalue weighted by molar-refractivity contribution is 7.12. The van der Waals surface area contributed by atoms with Gasteiger partial charge in [0, 0.05) is 11.3 Å². The van der Waals surface area contributed by atoms with Gasteiger partial charge in [0.2, 0.25) is 5.91 Å². The fraction of sp³-hybridized carbons (Fsp3) is 0.308. The van der Waals surface area contributed by atoms with Gasteiger partial charge in [0.05, 0.1) is 17.0 Å². The van der Waals surface area contributed by atoms with E-state index in [1.165, 1.54) is 11.3 Å². The summed E-state index contributed by atoms with van der Waals surface area (Å²) < 4.78 is 6.37. The van der Waals surface area contributed by atoms with Crippen molar-refractivity contribution in [2.24, 2.45) is 10.7 Å². The number of phenolic OH excluding ortho intramolecular Hbond substituents is 1. The Morgan fingerprint density at radius 2 is 1.91 bits per heavy atom. The van der Waals surface area contributed by atoms with E-state index in [1.807, 2.05) is 69.5 Å². The predicted molar refractivity (Wildman–Crippen MR) is 134 cm³/mol. The van der Waals surface area contributed by atoms with Gasteiger partial charge in [-0.1, -0.05) is 6.07 Å². The van der Waals surface area contributed by atoms with Gasteiger partial charge in [-0.2, -0.15) is 0 Å². The topological polar surface area (TPSA) is 96.9 Å². The Hall–Kier alpha value is -3.32. The maximum Gasteiger partial charge on any atom is 0.228 e. The summed E-state index contributed by atoms with van der Waals surface area (Å²) in [5.41, 5.74) is 10.5. The second-order valence-electron chi connectivity index (χ2n) is 8.83. The van der Waals surface area contributed by atoms with Crippen LogP contribution in [-0.4, -0.2) is 22.5 Å². The molecule has 2 heterocycles. The van der Waals surface area contributed by atoms with Crippen molar-refractivity contribution in [3.63, 3.8) is 0 Å². The Balaban J connectivity index is 1.43. The molecule has 1 aliphatic heterocycles. The Morgan fingerprint density at radius 1 is 1.18 bits per heavy atom. The van der Waals surface area contributed by atoms with Crippen LogP contribution in [0.3, 0.4) is 0 Å². The minimum absolute atomic E-state index is 0.111. The van der Waals surface area contributed by atoms with E-state index in [1.54, 1.807) is 0 Å². The lowest BCUT2D eigenvalue weighted by Gasteiger charge is -2.37. The maximum absolute atomic E-state index is 12.8. The predicted octanol–water partition coefficient (Wildman–Crippen LogP) is 5.53. The number of fused-ring (bicyclic) bond motifs is 1. The smallest absolute Gasteiger partial charge is 0.228 e. The summed E-state index contributed by atoms with van der Waals surface area (Å²) >= 11 is 1.54. The van der Waals surface area contributed by atoms with E-state index >= 15 is 0 Å². The Kier molecular flexibility index (Phi) is 6.17. The number of benzene rings is 2. The zero-order valence-electron chi connectivity index (χ0n) is 19.4. The van der Waals surface area contributed by atoms with Crippen LogP contribution in [0, 0.1) is 20.8 Å². The van der Waals surface area contributed by atoms with Crippen LogP contribution in [0.25, 0.3) is 0 Å². The average molecular weight is 464 g/mol. The van der Waals surface area contributed by atoms with E-state index in [-0.39, 0.29) is 12.3 Å². The molecule has 1 atom stereocenters. The summed E-state index contributed by atoms with van der Waals surface area (Å²) in [6.07, 6.45) is 1.69. The molecule has 172 valence electrons. The number of rotatable bonds is 5. The third kappa shape index (κ3) is 4.73. The standard InChI is InChI=1S/C26H29N3O3S/c1-15-16(2)24-20(17(3)23(15)31)11-12-26(4,32-24)14-22(30)28-18-7-9-19(10-8-18)29-25(27)21-6-5-13-33-21/h5-10,13,31H,11-12,14H2,1-4H3,(H2,27,29)(H,28,30). The van der Waals surface area contributed by atoms with E-state index in [4.69, 9.17) is 10.5 Å². The van der Waals surface area contributed by atoms with Gasteiger partial charge in [0.25, 0.3) is 0 Å². The van der Waals surface area contributed by atoms with Crippen molar-refractivity contribution in [1.82, 2.24) is 0 Å². The van der Waals surface area contributed by atoms with Crippen LogP contribution in [0.15, 0.2) is 46.8 Å². The molecule has 2 aromatic carbocycles. The fourth-order valence-electron chi connectivity index (χ4n) is 4.20. The summed E-state index contributed by atoms with van der Waals surface area (Å²) in [5.74, 6) is 1.50. The Labute approximate surface area is 198 Å². The number of hydrogen-bond donors (Lipinski definition) is 3. The third-order valence-corrected chi connectivity index (χ3v) is 7.19. The van der Waals surface area contributed by atoms with Gasteiger partial charge in [-0.3, -0.25) is 4.79 Å². The lowest BCUT2D eigenvalue weighted by Crippen LogP contribution is -2.40. The molecule has 7 heteroatoms. The number of anilines is 1. The van der Waals surface area contributed by atoms with Crippen molar-refractivity contribution in [3.05, 3.63) is 68.9 Å². The first-order chi connectivity index (χ1) is 15.7. The SMILES string of the molecule is Cc1c(C)c2c(c(C)c1O)CCC(C)(CC(=O)Nc1ccc(N=C(N)c3cccs3)cc1)O2. The number of aliphatic imine (C=N–C) groups is 1. The molecule has 1 amide bonds. The summed E-state index contributed by atoms with van der Waals surface area (Å²) in [6.45, 7) is 7.73. The van der Waals surface area contributed by atoms with Crippen LogP contribution in [0.1, 0.15) is 46.9 Å². The monoisotopic (exact) mass is 463 g/mol. The number of aromatic hydroxyl groups is 1. The number of carbonyl (C=O) groups excluding carboxylic acids is 1. The molecule has 0 aliphatic carbocycles. The summed E-state index contributed by atoms with van der Waals surface area (Å²) in [6, 6.07) is 11.1. The van der Waals surface area contributed by atoms with Gasteiger partial charge in [0.15, 0.2) is 0 Å². The average Bonchev–Trinajstić information content (AvgIpc) is 3.32. The van der Waals surface area contributed by atoms with Gasteiger partial charge in [0.1, 0.15) is 22.9 Å². The molecule has 6 nitrogen and oxygen atoms in total. The molecule has 1 unspecified atom stereocenters. The van der Waals surface area contributed by atoms with E-state index in [0.717, 1.165) is 45.0 Å². The minimum atomic E-state index is -0.614. The Bertz CT molecular complexity index is 1220. The normalized spacial score (nSPS) is 17.9. The number of amides is 1. The number of carbonyl (C=O) groups is 1. The van der Waals surface area contributed by atoms with E-state index in [0.29, 0.717) is 23.7 Å². The van der Waals surface area contributed by atoms with Gasteiger partial charge < -0.3 is 20.9 Å². The van der Waals surface area contributed by atoms with Crippen LogP contribution < -0.4 is 15.8 Å². The van der Waals surface area contributed by atoms with Crippen LogP contribution >= 0.6 is 11.3 Å². The van der Waals surface area contributed by atoms with E-state index < -0.39 is 5.60 Å². The zero-order valence-corrected chi connectivity index (χ0v) is 20.2. The second kappa shape index (κ2) is 8.90. The molecular formula is C26H29N3O3S. The van der Waals surface area contributed by atoms with Crippen molar-refractivity contribution in [1.29, 1.82) is 0 Å². The molecule has 0 spiro atoms. The van der Waals surface area contributed by atoms with Crippen molar-refractivity contribution in [3.8, 4) is 11.5 Å². The molecule has 4 rings (SSSR count). The molecule has 0 saturated carbocycles. The zero-order chi connectivity index (χ0) is 23.8. The number of nitrogens with one attached hydrogen (secondary N) is 1. The number of thiophene rings is 1. The number of ether oxygens (including phenoxy) is 1. The van der Waals surface area contributed by atoms with Gasteiger partial charge in [-0.25, -0.2) is 4.99 Å². The number of phenols is 1. The maximum atomic E-state index is 12.8. The number of amidine groups is 1. The quantitative estimate of drug-likeness (QED) is 0.342. The molecule has 3 aromatic rings. The minimum Gasteiger partial charge on any atom is -0.507 e. The van der Waals surface area contributed by atoms with Crippen molar-refractivity contribution in [2.45, 2.75) is 52.6 Å². The van der Waals surface area contributed by atoms with Crippen LogP contribution in [0.5, 0.6) is 11.5 Å². The molecule has 1 aliphatic rings. The fourth-order valence-corrected chi connectivity index (χ4v) is 4.83. The molecule has 33 heavy (non-hydrogen) atoms. The highest BCUT2D eigenvalue weighted by atomic mass is 32.1. The molecule has 0 radical (unpaired) electrons. The first-order valence-corrected chi connectivity index (χ1v) is 11.8. The van der Waals surface area contributed by atoms with Crippen LogP contribution in [0.2, 0.25) is 0 Å². The third-order valence-electron chi connectivity index (χ3n) is 6.30. The van der Waals surface area contributed by atoms with Crippen LogP contribution in [0.4, 0.5) is 11.4 Å². The van der Waals surface area contributed by atoms with E-state index in [2.05, 4.69) is 10.3 Å². The molecule has 4 N–H and O–H groups in total. The number of hydrogen-bond acceptors (Lipinski definition) is 5. The van der Waals surface area contributed by atoms with Crippen molar-refractivity contribution in [2.75, 3.05) is 5.32 Å². The molecule has 0 saturated heterocycles. The highest BCUT2D eigenvalue weighted by Crippen LogP contribution is 2.44. The summed E-state index contributed by atoms with van der Waals surface area (Å²) in [4.78, 5) is 18.2. The molecule has 0 fully saturated rings. The second-order valence-corrected chi connectivity index (χ2v) is 9.78. The number of nitrogens with two attached hydrogens (primary N) is 1. The molecular weight excluding hydrogens is 434 g/mol. The number of nitrogens with zero attached hydrogens (tertiary/aromatic N) is 1. The largest absolute Gasteiger partial charge is 0.507 e. The van der Waals surface area contributed by atoms with Gasteiger partial charge in [-0.15, -0.1) is 11.3 Å². The lowest BCUT2D eigenvalue weighted by molar-refractivity contribution is -0.120. The first-order valence-electron chi connectivity index (χ1n) is 11.0. The Morgan fingerprint density at radius 3 is 2.58 bits per heavy atom. The van der Waals surface area contributed by atoms with Crippen molar-refractivity contribution < 1.29 is 14.6 Å².